The van der Waals surface area contributed by atoms with Crippen LogP contribution in [0.3, 0.4) is 0 Å². The van der Waals surface area contributed by atoms with Crippen LogP contribution in [0.1, 0.15) is 19.4 Å². The molecule has 0 atom stereocenters. The lowest BCUT2D eigenvalue weighted by atomic mass is 10.2. The van der Waals surface area contributed by atoms with Crippen LogP contribution in [0.25, 0.3) is 0 Å². The number of hydrogen-bond donors (Lipinski definition) is 1. The predicted octanol–water partition coefficient (Wildman–Crippen LogP) is 2.38. The van der Waals surface area contributed by atoms with Gasteiger partial charge in [-0.1, -0.05) is 17.7 Å². The number of nitrogens with two attached hydrogens (primary N) is 1. The second-order valence-electron chi connectivity index (χ2n) is 4.41. The summed E-state index contributed by atoms with van der Waals surface area (Å²) < 4.78 is 26.5. The van der Waals surface area contributed by atoms with E-state index >= 15 is 0 Å². The minimum absolute atomic E-state index is 0.153. The minimum atomic E-state index is -3.56. The lowest BCUT2D eigenvalue weighted by Crippen LogP contribution is -2.37. The molecule has 106 valence electrons. The van der Waals surface area contributed by atoms with Crippen molar-refractivity contribution >= 4 is 21.6 Å². The lowest BCUT2D eigenvalue weighted by molar-refractivity contribution is 0.383. The zero-order valence-electron chi connectivity index (χ0n) is 11.1. The van der Waals surface area contributed by atoms with Gasteiger partial charge in [-0.25, -0.2) is 8.42 Å². The Bertz CT molecular complexity index is 556. The van der Waals surface area contributed by atoms with Gasteiger partial charge in [0.15, 0.2) is 0 Å². The number of benzene rings is 1. The van der Waals surface area contributed by atoms with E-state index in [4.69, 9.17) is 17.3 Å². The predicted molar refractivity (Wildman–Crippen MR) is 78.6 cm³/mol. The smallest absolute Gasteiger partial charge is 0.243 e. The first-order valence-corrected chi connectivity index (χ1v) is 7.77. The zero-order chi connectivity index (χ0) is 14.6. The molecule has 0 heterocycles. The van der Waals surface area contributed by atoms with Crippen molar-refractivity contribution in [1.29, 1.82) is 0 Å². The zero-order valence-corrected chi connectivity index (χ0v) is 12.7. The molecule has 1 aromatic carbocycles. The first-order chi connectivity index (χ1) is 8.84. The van der Waals surface area contributed by atoms with Crippen molar-refractivity contribution < 1.29 is 8.42 Å². The summed E-state index contributed by atoms with van der Waals surface area (Å²) in [6.45, 7) is 7.70. The molecule has 6 heteroatoms. The highest BCUT2D eigenvalue weighted by Gasteiger charge is 2.26. The Kier molecular flexibility index (Phi) is 5.55. The van der Waals surface area contributed by atoms with Crippen LogP contribution in [0.5, 0.6) is 0 Å². The van der Waals surface area contributed by atoms with E-state index in [1.165, 1.54) is 16.4 Å². The van der Waals surface area contributed by atoms with E-state index in [2.05, 4.69) is 6.58 Å². The highest BCUT2D eigenvalue weighted by atomic mass is 35.5. The van der Waals surface area contributed by atoms with Gasteiger partial charge < -0.3 is 5.73 Å². The molecule has 0 aliphatic rings. The molecule has 0 aliphatic carbocycles. The Morgan fingerprint density at radius 2 is 2.11 bits per heavy atom. The third-order valence-corrected chi connectivity index (χ3v) is 5.14. The van der Waals surface area contributed by atoms with Gasteiger partial charge in [-0.05, 0) is 37.6 Å². The average Bonchev–Trinajstić information content (AvgIpc) is 2.35. The molecule has 19 heavy (non-hydrogen) atoms. The summed E-state index contributed by atoms with van der Waals surface area (Å²) >= 11 is 5.95. The van der Waals surface area contributed by atoms with Gasteiger partial charge in [0, 0.05) is 24.2 Å². The van der Waals surface area contributed by atoms with Crippen molar-refractivity contribution in [1.82, 2.24) is 4.31 Å². The summed E-state index contributed by atoms with van der Waals surface area (Å²) in [5.41, 5.74) is 6.16. The molecular formula is C13H19ClN2O2S. The van der Waals surface area contributed by atoms with Gasteiger partial charge in [-0.3, -0.25) is 0 Å². The number of halogens is 1. The largest absolute Gasteiger partial charge is 0.326 e. The van der Waals surface area contributed by atoms with Crippen LogP contribution in [0.2, 0.25) is 5.02 Å². The van der Waals surface area contributed by atoms with E-state index in [-0.39, 0.29) is 24.0 Å². The monoisotopic (exact) mass is 302 g/mol. The molecule has 0 saturated carbocycles. The van der Waals surface area contributed by atoms with Gasteiger partial charge in [-0.2, -0.15) is 4.31 Å². The number of hydrogen-bond acceptors (Lipinski definition) is 3. The Morgan fingerprint density at radius 3 is 2.58 bits per heavy atom. The van der Waals surface area contributed by atoms with Gasteiger partial charge >= 0.3 is 0 Å². The van der Waals surface area contributed by atoms with E-state index in [1.807, 2.05) is 13.8 Å². The third-order valence-electron chi connectivity index (χ3n) is 2.73. The SMILES string of the molecule is C=CCN(C(C)C)S(=O)(=O)c1ccc(Cl)c(CN)c1. The molecule has 1 aromatic rings. The Balaban J connectivity index is 3.29. The van der Waals surface area contributed by atoms with Crippen LogP contribution in [-0.4, -0.2) is 25.3 Å². The van der Waals surface area contributed by atoms with E-state index in [0.717, 1.165) is 0 Å². The standard InChI is InChI=1S/C13H19ClN2O2S/c1-4-7-16(10(2)3)19(17,18)12-5-6-13(14)11(8-12)9-15/h4-6,8,10H,1,7,9,15H2,2-3H3. The molecule has 0 aliphatic heterocycles. The minimum Gasteiger partial charge on any atom is -0.326 e. The van der Waals surface area contributed by atoms with Crippen molar-refractivity contribution in [2.45, 2.75) is 31.3 Å². The van der Waals surface area contributed by atoms with E-state index in [9.17, 15) is 8.42 Å². The molecule has 4 nitrogen and oxygen atoms in total. The normalized spacial score (nSPS) is 12.1. The van der Waals surface area contributed by atoms with E-state index in [0.29, 0.717) is 10.6 Å². The highest BCUT2D eigenvalue weighted by molar-refractivity contribution is 7.89. The first kappa shape index (κ1) is 16.2. The molecule has 0 radical (unpaired) electrons. The summed E-state index contributed by atoms with van der Waals surface area (Å²) in [5, 5.41) is 0.473. The van der Waals surface area contributed by atoms with Gasteiger partial charge in [0.25, 0.3) is 0 Å². The maximum absolute atomic E-state index is 12.5. The molecule has 0 amide bonds. The summed E-state index contributed by atoms with van der Waals surface area (Å²) in [6, 6.07) is 4.43. The summed E-state index contributed by atoms with van der Waals surface area (Å²) in [6.07, 6.45) is 1.57. The highest BCUT2D eigenvalue weighted by Crippen LogP contribution is 2.23. The summed E-state index contributed by atoms with van der Waals surface area (Å²) in [7, 11) is -3.56. The Morgan fingerprint density at radius 1 is 1.47 bits per heavy atom. The molecular weight excluding hydrogens is 284 g/mol. The van der Waals surface area contributed by atoms with Crippen LogP contribution in [-0.2, 0) is 16.6 Å². The molecule has 0 spiro atoms. The van der Waals surface area contributed by atoms with Crippen LogP contribution in [0.15, 0.2) is 35.7 Å². The fourth-order valence-electron chi connectivity index (χ4n) is 1.72. The van der Waals surface area contributed by atoms with Gasteiger partial charge in [-0.15, -0.1) is 6.58 Å². The second-order valence-corrected chi connectivity index (χ2v) is 6.71. The lowest BCUT2D eigenvalue weighted by Gasteiger charge is -2.24. The van der Waals surface area contributed by atoms with E-state index in [1.54, 1.807) is 12.1 Å². The van der Waals surface area contributed by atoms with Crippen molar-refractivity contribution in [2.75, 3.05) is 6.54 Å². The fourth-order valence-corrected chi connectivity index (χ4v) is 3.57. The number of rotatable bonds is 6. The van der Waals surface area contributed by atoms with Gasteiger partial charge in [0.05, 0.1) is 4.90 Å². The Hall–Kier alpha value is -0.880. The average molecular weight is 303 g/mol. The number of nitrogens with zero attached hydrogens (tertiary/aromatic N) is 1. The van der Waals surface area contributed by atoms with Crippen molar-refractivity contribution in [3.05, 3.63) is 41.4 Å². The van der Waals surface area contributed by atoms with Crippen LogP contribution in [0.4, 0.5) is 0 Å². The first-order valence-electron chi connectivity index (χ1n) is 5.95. The van der Waals surface area contributed by atoms with Crippen molar-refractivity contribution in [3.8, 4) is 0 Å². The van der Waals surface area contributed by atoms with Gasteiger partial charge in [0.1, 0.15) is 0 Å². The Labute approximate surface area is 119 Å². The second kappa shape index (κ2) is 6.52. The van der Waals surface area contributed by atoms with Crippen LogP contribution >= 0.6 is 11.6 Å². The summed E-state index contributed by atoms with van der Waals surface area (Å²) in [5.74, 6) is 0. The molecule has 1 rings (SSSR count). The van der Waals surface area contributed by atoms with Crippen LogP contribution < -0.4 is 5.73 Å². The molecule has 0 aromatic heterocycles. The van der Waals surface area contributed by atoms with E-state index < -0.39 is 10.0 Å². The molecule has 0 fully saturated rings. The third kappa shape index (κ3) is 3.57. The molecule has 0 saturated heterocycles. The fraction of sp³-hybridized carbons (Fsp3) is 0.385. The summed E-state index contributed by atoms with van der Waals surface area (Å²) in [4.78, 5) is 0.202. The molecule has 2 N–H and O–H groups in total. The molecule has 0 bridgehead atoms. The molecule has 0 unspecified atom stereocenters. The maximum Gasteiger partial charge on any atom is 0.243 e. The van der Waals surface area contributed by atoms with Gasteiger partial charge in [0.2, 0.25) is 10.0 Å². The maximum atomic E-state index is 12.5. The topological polar surface area (TPSA) is 63.4 Å². The van der Waals surface area contributed by atoms with Crippen LogP contribution in [0, 0.1) is 0 Å². The van der Waals surface area contributed by atoms with Crippen molar-refractivity contribution in [3.63, 3.8) is 0 Å². The van der Waals surface area contributed by atoms with Crippen molar-refractivity contribution in [2.24, 2.45) is 5.73 Å². The number of sulfonamides is 1. The quantitative estimate of drug-likeness (QED) is 0.821.